The highest BCUT2D eigenvalue weighted by molar-refractivity contribution is 14.0. The van der Waals surface area contributed by atoms with E-state index in [1.165, 1.54) is 0 Å². The second-order valence-electron chi connectivity index (χ2n) is 7.81. The second-order valence-corrected chi connectivity index (χ2v) is 7.81. The molecule has 1 fully saturated rings. The van der Waals surface area contributed by atoms with Crippen LogP contribution in [0.25, 0.3) is 0 Å². The predicted molar refractivity (Wildman–Crippen MR) is 143 cm³/mol. The molecule has 176 valence electrons. The molecule has 0 saturated carbocycles. The van der Waals surface area contributed by atoms with Gasteiger partial charge in [0, 0.05) is 51.4 Å². The second kappa shape index (κ2) is 14.3. The third-order valence-corrected chi connectivity index (χ3v) is 5.72. The Morgan fingerprint density at radius 2 is 1.81 bits per heavy atom. The van der Waals surface area contributed by atoms with Crippen molar-refractivity contribution in [2.75, 3.05) is 57.3 Å². The molecule has 3 N–H and O–H groups in total. The summed E-state index contributed by atoms with van der Waals surface area (Å²) in [5, 5.41) is 16.4. The first kappa shape index (κ1) is 26.3. The number of anilines is 1. The maximum Gasteiger partial charge on any atom is 0.191 e. The highest BCUT2D eigenvalue weighted by Gasteiger charge is 2.16. The summed E-state index contributed by atoms with van der Waals surface area (Å²) in [5.74, 6) is 1.82. The van der Waals surface area contributed by atoms with Gasteiger partial charge in [0.25, 0.3) is 0 Å². The molecule has 2 aromatic rings. The van der Waals surface area contributed by atoms with Crippen LogP contribution in [0.4, 0.5) is 5.82 Å². The van der Waals surface area contributed by atoms with Crippen LogP contribution in [-0.4, -0.2) is 73.4 Å². The van der Waals surface area contributed by atoms with Crippen LogP contribution in [0.3, 0.4) is 0 Å². The quantitative estimate of drug-likeness (QED) is 0.253. The first-order chi connectivity index (χ1) is 15.2. The van der Waals surface area contributed by atoms with Crippen molar-refractivity contribution in [3.8, 4) is 0 Å². The maximum atomic E-state index is 9.78. The van der Waals surface area contributed by atoms with E-state index in [1.54, 1.807) is 0 Å². The smallest absolute Gasteiger partial charge is 0.191 e. The van der Waals surface area contributed by atoms with Crippen LogP contribution in [-0.2, 0) is 6.54 Å². The molecule has 3 rings (SSSR count). The number of hydrogen-bond donors (Lipinski definition) is 3. The molecule has 1 aromatic carbocycles. The number of benzene rings is 1. The van der Waals surface area contributed by atoms with Crippen LogP contribution in [0.1, 0.15) is 30.9 Å². The Labute approximate surface area is 209 Å². The lowest BCUT2D eigenvalue weighted by Gasteiger charge is -2.34. The highest BCUT2D eigenvalue weighted by atomic mass is 127. The number of halogens is 1. The Morgan fingerprint density at radius 3 is 2.41 bits per heavy atom. The molecule has 32 heavy (non-hydrogen) atoms. The number of nitrogens with one attached hydrogen (secondary N) is 2. The molecule has 7 nitrogen and oxygen atoms in total. The molecule has 1 aliphatic heterocycles. The summed E-state index contributed by atoms with van der Waals surface area (Å²) in [7, 11) is 0. The molecule has 0 bridgehead atoms. The van der Waals surface area contributed by atoms with Gasteiger partial charge in [0.15, 0.2) is 5.96 Å². The number of rotatable bonds is 9. The third kappa shape index (κ3) is 7.90. The third-order valence-electron chi connectivity index (χ3n) is 5.72. The molecule has 8 heteroatoms. The normalized spacial score (nSPS) is 15.7. The number of hydrogen-bond acceptors (Lipinski definition) is 5. The molecule has 0 radical (unpaired) electrons. The Morgan fingerprint density at radius 1 is 1.06 bits per heavy atom. The number of aromatic nitrogens is 1. The number of likely N-dealkylation sites (N-methyl/N-ethyl adjacent to an activating group) is 1. The summed E-state index contributed by atoms with van der Waals surface area (Å²) in [6.07, 6.45) is 1.93. The van der Waals surface area contributed by atoms with Gasteiger partial charge in [0.1, 0.15) is 5.82 Å². The lowest BCUT2D eigenvalue weighted by Crippen LogP contribution is -2.46. The minimum atomic E-state index is 0. The van der Waals surface area contributed by atoms with Gasteiger partial charge in [-0.3, -0.25) is 0 Å². The van der Waals surface area contributed by atoms with Crippen LogP contribution in [0.15, 0.2) is 53.7 Å². The minimum absolute atomic E-state index is 0. The summed E-state index contributed by atoms with van der Waals surface area (Å²) < 4.78 is 0. The number of nitrogens with zero attached hydrogens (tertiary/aromatic N) is 4. The molecular weight excluding hydrogens is 515 g/mol. The van der Waals surface area contributed by atoms with Gasteiger partial charge in [-0.05, 0) is 30.7 Å². The molecule has 0 spiro atoms. The summed E-state index contributed by atoms with van der Waals surface area (Å²) in [6.45, 7) is 11.7. The molecule has 1 atom stereocenters. The number of aliphatic hydroxyl groups is 1. The van der Waals surface area contributed by atoms with Crippen LogP contribution >= 0.6 is 24.0 Å². The largest absolute Gasteiger partial charge is 0.396 e. The fraction of sp³-hybridized carbons (Fsp3) is 0.500. The summed E-state index contributed by atoms with van der Waals surface area (Å²) in [4.78, 5) is 14.2. The highest BCUT2D eigenvalue weighted by Crippen LogP contribution is 2.15. The number of piperazine rings is 1. The molecule has 0 amide bonds. The van der Waals surface area contributed by atoms with Crippen LogP contribution < -0.4 is 15.5 Å². The summed E-state index contributed by atoms with van der Waals surface area (Å²) in [6, 6.07) is 14.3. The van der Waals surface area contributed by atoms with Crippen LogP contribution in [0.2, 0.25) is 0 Å². The zero-order chi connectivity index (χ0) is 21.9. The number of guanidine groups is 1. The fourth-order valence-electron chi connectivity index (χ4n) is 3.74. The van der Waals surface area contributed by atoms with Gasteiger partial charge in [0.2, 0.25) is 0 Å². The molecule has 1 saturated heterocycles. The Kier molecular flexibility index (Phi) is 11.8. The predicted octanol–water partition coefficient (Wildman–Crippen LogP) is 2.67. The van der Waals surface area contributed by atoms with E-state index in [-0.39, 0.29) is 36.5 Å². The zero-order valence-corrected chi connectivity index (χ0v) is 21.5. The van der Waals surface area contributed by atoms with Gasteiger partial charge >= 0.3 is 0 Å². The van der Waals surface area contributed by atoms with Crippen molar-refractivity contribution in [1.82, 2.24) is 20.5 Å². The van der Waals surface area contributed by atoms with E-state index in [1.807, 2.05) is 43.5 Å². The lowest BCUT2D eigenvalue weighted by molar-refractivity contribution is 0.265. The summed E-state index contributed by atoms with van der Waals surface area (Å²) in [5.41, 5.74) is 2.20. The van der Waals surface area contributed by atoms with Crippen molar-refractivity contribution in [1.29, 1.82) is 0 Å². The summed E-state index contributed by atoms with van der Waals surface area (Å²) >= 11 is 0. The first-order valence-electron chi connectivity index (χ1n) is 11.3. The Hall–Kier alpha value is -1.91. The topological polar surface area (TPSA) is 76.0 Å². The van der Waals surface area contributed by atoms with E-state index < -0.39 is 0 Å². The van der Waals surface area contributed by atoms with Crippen molar-refractivity contribution in [3.05, 3.63) is 59.8 Å². The lowest BCUT2D eigenvalue weighted by atomic mass is 10.0. The molecule has 1 aliphatic rings. The number of aliphatic imine (C=N–C) groups is 1. The van der Waals surface area contributed by atoms with E-state index in [0.29, 0.717) is 13.1 Å². The van der Waals surface area contributed by atoms with E-state index in [4.69, 9.17) is 4.99 Å². The molecule has 0 aliphatic carbocycles. The van der Waals surface area contributed by atoms with Gasteiger partial charge in [-0.15, -0.1) is 24.0 Å². The average molecular weight is 553 g/mol. The molecule has 1 aromatic heterocycles. The van der Waals surface area contributed by atoms with E-state index >= 15 is 0 Å². The van der Waals surface area contributed by atoms with Crippen molar-refractivity contribution in [3.63, 3.8) is 0 Å². The van der Waals surface area contributed by atoms with Crippen molar-refractivity contribution < 1.29 is 5.11 Å². The molecular formula is C24H37IN6O. The number of pyridine rings is 1. The van der Waals surface area contributed by atoms with Gasteiger partial charge in [-0.1, -0.05) is 43.3 Å². The average Bonchev–Trinajstić information content (AvgIpc) is 2.84. The fourth-order valence-corrected chi connectivity index (χ4v) is 3.74. The molecule has 1 unspecified atom stereocenters. The minimum Gasteiger partial charge on any atom is -0.396 e. The van der Waals surface area contributed by atoms with Gasteiger partial charge in [-0.25, -0.2) is 9.98 Å². The van der Waals surface area contributed by atoms with Crippen molar-refractivity contribution in [2.24, 2.45) is 4.99 Å². The van der Waals surface area contributed by atoms with E-state index in [9.17, 15) is 5.11 Å². The van der Waals surface area contributed by atoms with Gasteiger partial charge in [0.05, 0.1) is 13.2 Å². The zero-order valence-electron chi connectivity index (χ0n) is 19.2. The van der Waals surface area contributed by atoms with Crippen LogP contribution in [0.5, 0.6) is 0 Å². The van der Waals surface area contributed by atoms with Crippen molar-refractivity contribution in [2.45, 2.75) is 26.3 Å². The monoisotopic (exact) mass is 552 g/mol. The standard InChI is InChI=1S/C24H36N6O.HI/c1-3-25-24(28-18-22(19-31)21-8-6-5-7-9-21)27-17-20-10-11-23(26-16-20)30-14-12-29(4-2)13-15-30;/h5-11,16,22,31H,3-4,12-15,17-19H2,1-2H3,(H2,25,27,28);1H. The first-order valence-corrected chi connectivity index (χ1v) is 11.3. The van der Waals surface area contributed by atoms with Gasteiger partial charge < -0.3 is 25.5 Å². The SMILES string of the molecule is CCNC(=NCc1ccc(N2CCN(CC)CC2)nc1)NCC(CO)c1ccccc1.I. The maximum absolute atomic E-state index is 9.78. The Balaban J connectivity index is 0.00000363. The van der Waals surface area contributed by atoms with E-state index in [0.717, 1.165) is 62.2 Å². The van der Waals surface area contributed by atoms with Crippen molar-refractivity contribution >= 4 is 35.8 Å². The van der Waals surface area contributed by atoms with Gasteiger partial charge in [-0.2, -0.15) is 0 Å². The molecule has 2 heterocycles. The Bertz CT molecular complexity index is 794. The van der Waals surface area contributed by atoms with E-state index in [2.05, 4.69) is 44.5 Å². The number of aliphatic hydroxyl groups excluding tert-OH is 1. The van der Waals surface area contributed by atoms with Crippen LogP contribution in [0, 0.1) is 0 Å².